The van der Waals surface area contributed by atoms with Crippen LogP contribution in [0.5, 0.6) is 0 Å². The molecule has 25 heavy (non-hydrogen) atoms. The minimum Gasteiger partial charge on any atom is -0.361 e. The lowest BCUT2D eigenvalue weighted by Crippen LogP contribution is -2.41. The maximum atomic E-state index is 12.4. The van der Waals surface area contributed by atoms with Gasteiger partial charge in [-0.15, -0.1) is 11.3 Å². The zero-order valence-electron chi connectivity index (χ0n) is 14.2. The zero-order chi connectivity index (χ0) is 17.6. The summed E-state index contributed by atoms with van der Waals surface area (Å²) in [6.45, 7) is 5.72. The fourth-order valence-corrected chi connectivity index (χ4v) is 3.50. The van der Waals surface area contributed by atoms with E-state index in [9.17, 15) is 9.59 Å². The van der Waals surface area contributed by atoms with Crippen molar-refractivity contribution in [3.63, 3.8) is 0 Å². The molecule has 2 aromatic heterocycles. The van der Waals surface area contributed by atoms with Gasteiger partial charge < -0.3 is 14.7 Å². The third-order valence-corrected chi connectivity index (χ3v) is 5.02. The summed E-state index contributed by atoms with van der Waals surface area (Å²) < 4.78 is 5.10. The minimum atomic E-state index is -0.193. The lowest BCUT2D eigenvalue weighted by atomic mass is 10.3. The third kappa shape index (κ3) is 4.90. The van der Waals surface area contributed by atoms with Crippen LogP contribution in [0.1, 0.15) is 27.5 Å². The standard InChI is InChI=1S/C17H22N4O3S/c1-13-10-14(19-24-13)12-20-5-3-6-21(8-7-20)16(22)11-18-17(23)15-4-2-9-25-15/h2,4,9-10H,3,5-8,11-12H2,1H3,(H,18,23). The van der Waals surface area contributed by atoms with Crippen LogP contribution in [0.15, 0.2) is 28.1 Å². The first-order valence-electron chi connectivity index (χ1n) is 8.36. The van der Waals surface area contributed by atoms with E-state index in [-0.39, 0.29) is 18.4 Å². The number of aryl methyl sites for hydroxylation is 1. The topological polar surface area (TPSA) is 78.7 Å². The molecule has 1 fully saturated rings. The molecule has 0 aliphatic carbocycles. The highest BCUT2D eigenvalue weighted by Crippen LogP contribution is 2.10. The van der Waals surface area contributed by atoms with Crippen molar-refractivity contribution in [2.45, 2.75) is 19.9 Å². The van der Waals surface area contributed by atoms with E-state index in [0.29, 0.717) is 18.0 Å². The summed E-state index contributed by atoms with van der Waals surface area (Å²) in [6.07, 6.45) is 0.904. The number of nitrogens with zero attached hydrogens (tertiary/aromatic N) is 3. The van der Waals surface area contributed by atoms with E-state index in [2.05, 4.69) is 15.4 Å². The first kappa shape index (κ1) is 17.6. The van der Waals surface area contributed by atoms with Crippen molar-refractivity contribution in [1.29, 1.82) is 0 Å². The van der Waals surface area contributed by atoms with Crippen molar-refractivity contribution in [1.82, 2.24) is 20.3 Å². The van der Waals surface area contributed by atoms with Gasteiger partial charge in [-0.2, -0.15) is 0 Å². The monoisotopic (exact) mass is 362 g/mol. The summed E-state index contributed by atoms with van der Waals surface area (Å²) in [5.41, 5.74) is 0.917. The summed E-state index contributed by atoms with van der Waals surface area (Å²) in [6, 6.07) is 5.51. The Balaban J connectivity index is 1.45. The van der Waals surface area contributed by atoms with Crippen LogP contribution in [0.25, 0.3) is 0 Å². The number of carbonyl (C=O) groups excluding carboxylic acids is 2. The molecule has 134 valence electrons. The summed E-state index contributed by atoms with van der Waals surface area (Å²) in [4.78, 5) is 29.0. The molecule has 1 aliphatic heterocycles. The van der Waals surface area contributed by atoms with E-state index in [1.165, 1.54) is 11.3 Å². The first-order chi connectivity index (χ1) is 12.1. The van der Waals surface area contributed by atoms with Crippen LogP contribution < -0.4 is 5.32 Å². The van der Waals surface area contributed by atoms with Gasteiger partial charge in [0.2, 0.25) is 5.91 Å². The molecule has 0 radical (unpaired) electrons. The SMILES string of the molecule is Cc1cc(CN2CCCN(C(=O)CNC(=O)c3cccs3)CC2)no1. The van der Waals surface area contributed by atoms with Crippen molar-refractivity contribution in [2.24, 2.45) is 0 Å². The second-order valence-electron chi connectivity index (χ2n) is 6.10. The second kappa shape index (κ2) is 8.26. The van der Waals surface area contributed by atoms with E-state index in [4.69, 9.17) is 4.52 Å². The average molecular weight is 362 g/mol. The Morgan fingerprint density at radius 3 is 2.92 bits per heavy atom. The Morgan fingerprint density at radius 2 is 2.20 bits per heavy atom. The number of rotatable bonds is 5. The van der Waals surface area contributed by atoms with Gasteiger partial charge in [-0.25, -0.2) is 0 Å². The Hall–Kier alpha value is -2.19. The maximum absolute atomic E-state index is 12.4. The van der Waals surface area contributed by atoms with Gasteiger partial charge in [-0.05, 0) is 24.8 Å². The average Bonchev–Trinajstić information content (AvgIpc) is 3.21. The fraction of sp³-hybridized carbons (Fsp3) is 0.471. The van der Waals surface area contributed by atoms with Crippen molar-refractivity contribution in [2.75, 3.05) is 32.7 Å². The van der Waals surface area contributed by atoms with Crippen LogP contribution in [-0.2, 0) is 11.3 Å². The second-order valence-corrected chi connectivity index (χ2v) is 7.05. The number of carbonyl (C=O) groups is 2. The van der Waals surface area contributed by atoms with Crippen molar-refractivity contribution >= 4 is 23.2 Å². The first-order valence-corrected chi connectivity index (χ1v) is 9.24. The van der Waals surface area contributed by atoms with E-state index in [1.807, 2.05) is 29.3 Å². The quantitative estimate of drug-likeness (QED) is 0.872. The molecule has 1 saturated heterocycles. The smallest absolute Gasteiger partial charge is 0.261 e. The van der Waals surface area contributed by atoms with Gasteiger partial charge in [0.15, 0.2) is 0 Å². The number of nitrogens with one attached hydrogen (secondary N) is 1. The van der Waals surface area contributed by atoms with Gasteiger partial charge in [0, 0.05) is 38.8 Å². The van der Waals surface area contributed by atoms with E-state index < -0.39 is 0 Å². The predicted molar refractivity (Wildman–Crippen MR) is 94.4 cm³/mol. The number of aromatic nitrogens is 1. The molecule has 3 rings (SSSR count). The highest BCUT2D eigenvalue weighted by atomic mass is 32.1. The molecule has 1 N–H and O–H groups in total. The Kier molecular flexibility index (Phi) is 5.83. The van der Waals surface area contributed by atoms with Crippen LogP contribution in [-0.4, -0.2) is 59.5 Å². The highest BCUT2D eigenvalue weighted by molar-refractivity contribution is 7.12. The number of thiophene rings is 1. The summed E-state index contributed by atoms with van der Waals surface area (Å²) in [5.74, 6) is 0.577. The Bertz CT molecular complexity index is 713. The molecular formula is C17H22N4O3S. The van der Waals surface area contributed by atoms with Crippen LogP contribution >= 0.6 is 11.3 Å². The molecular weight excluding hydrogens is 340 g/mol. The number of hydrogen-bond acceptors (Lipinski definition) is 6. The Labute approximate surface area is 150 Å². The molecule has 2 aromatic rings. The largest absolute Gasteiger partial charge is 0.361 e. The lowest BCUT2D eigenvalue weighted by Gasteiger charge is -2.21. The fourth-order valence-electron chi connectivity index (χ4n) is 2.86. The zero-order valence-corrected chi connectivity index (χ0v) is 15.1. The normalized spacial score (nSPS) is 15.8. The molecule has 0 bridgehead atoms. The van der Waals surface area contributed by atoms with Crippen LogP contribution in [0.2, 0.25) is 0 Å². The Morgan fingerprint density at radius 1 is 1.32 bits per heavy atom. The third-order valence-electron chi connectivity index (χ3n) is 4.15. The molecule has 0 aromatic carbocycles. The molecule has 0 unspecified atom stereocenters. The van der Waals surface area contributed by atoms with Crippen molar-refractivity contribution < 1.29 is 14.1 Å². The summed E-state index contributed by atoms with van der Waals surface area (Å²) in [5, 5.41) is 8.57. The molecule has 0 atom stereocenters. The van der Waals surface area contributed by atoms with Crippen LogP contribution in [0, 0.1) is 6.92 Å². The molecule has 2 amide bonds. The molecule has 3 heterocycles. The highest BCUT2D eigenvalue weighted by Gasteiger charge is 2.20. The van der Waals surface area contributed by atoms with Crippen LogP contribution in [0.3, 0.4) is 0 Å². The number of amides is 2. The van der Waals surface area contributed by atoms with Crippen molar-refractivity contribution in [3.05, 3.63) is 39.9 Å². The van der Waals surface area contributed by atoms with Gasteiger partial charge in [0.25, 0.3) is 5.91 Å². The maximum Gasteiger partial charge on any atom is 0.261 e. The van der Waals surface area contributed by atoms with E-state index in [1.54, 1.807) is 6.07 Å². The predicted octanol–water partition coefficient (Wildman–Crippen LogP) is 1.51. The van der Waals surface area contributed by atoms with Crippen molar-refractivity contribution in [3.8, 4) is 0 Å². The van der Waals surface area contributed by atoms with Gasteiger partial charge in [-0.1, -0.05) is 11.2 Å². The van der Waals surface area contributed by atoms with Crippen LogP contribution in [0.4, 0.5) is 0 Å². The number of hydrogen-bond donors (Lipinski definition) is 1. The van der Waals surface area contributed by atoms with E-state index >= 15 is 0 Å². The minimum absolute atomic E-state index is 0.0379. The molecule has 0 saturated carbocycles. The van der Waals surface area contributed by atoms with E-state index in [0.717, 1.165) is 37.5 Å². The molecule has 0 spiro atoms. The summed E-state index contributed by atoms with van der Waals surface area (Å²) in [7, 11) is 0. The molecule has 7 nitrogen and oxygen atoms in total. The molecule has 1 aliphatic rings. The summed E-state index contributed by atoms with van der Waals surface area (Å²) >= 11 is 1.37. The van der Waals surface area contributed by atoms with Gasteiger partial charge in [0.1, 0.15) is 5.76 Å². The van der Waals surface area contributed by atoms with Gasteiger partial charge >= 0.3 is 0 Å². The van der Waals surface area contributed by atoms with Gasteiger partial charge in [-0.3, -0.25) is 14.5 Å². The van der Waals surface area contributed by atoms with Gasteiger partial charge in [0.05, 0.1) is 17.1 Å². The lowest BCUT2D eigenvalue weighted by molar-refractivity contribution is -0.130. The molecule has 8 heteroatoms.